The average molecular weight is 239 g/mol. The van der Waals surface area contributed by atoms with Crippen LogP contribution in [0.25, 0.3) is 0 Å². The van der Waals surface area contributed by atoms with Gasteiger partial charge in [-0.15, -0.1) is 0 Å². The Morgan fingerprint density at radius 3 is 2.47 bits per heavy atom. The molecule has 0 bridgehead atoms. The summed E-state index contributed by atoms with van der Waals surface area (Å²) in [5, 5.41) is 0. The van der Waals surface area contributed by atoms with Gasteiger partial charge < -0.3 is 10.6 Å². The molecule has 0 aromatic carbocycles. The maximum Gasteiger partial charge on any atom is 0.0332 e. The quantitative estimate of drug-likeness (QED) is 0.793. The topological polar surface area (TPSA) is 32.5 Å². The van der Waals surface area contributed by atoms with Crippen LogP contribution in [-0.2, 0) is 0 Å². The summed E-state index contributed by atoms with van der Waals surface area (Å²) >= 11 is 0. The average Bonchev–Trinajstić information content (AvgIpc) is 2.56. The zero-order valence-electron chi connectivity index (χ0n) is 11.6. The molecule has 100 valence electrons. The van der Waals surface area contributed by atoms with Crippen LogP contribution in [0, 0.1) is 5.92 Å². The van der Waals surface area contributed by atoms with E-state index in [1.807, 2.05) is 0 Å². The highest BCUT2D eigenvalue weighted by Gasteiger charge is 2.38. The van der Waals surface area contributed by atoms with E-state index in [4.69, 9.17) is 5.73 Å². The van der Waals surface area contributed by atoms with Gasteiger partial charge in [0.25, 0.3) is 0 Å². The molecular weight excluding hydrogens is 210 g/mol. The van der Waals surface area contributed by atoms with Gasteiger partial charge >= 0.3 is 0 Å². The molecule has 17 heavy (non-hydrogen) atoms. The molecular formula is C14H29N3. The molecule has 0 atom stereocenters. The van der Waals surface area contributed by atoms with Gasteiger partial charge in [-0.1, -0.05) is 6.92 Å². The summed E-state index contributed by atoms with van der Waals surface area (Å²) in [6, 6.07) is 0. The molecule has 2 aliphatic rings. The van der Waals surface area contributed by atoms with E-state index < -0.39 is 0 Å². The first kappa shape index (κ1) is 13.3. The first-order chi connectivity index (χ1) is 8.16. The van der Waals surface area contributed by atoms with Crippen LogP contribution >= 0.6 is 0 Å². The number of hydrogen-bond donors (Lipinski definition) is 1. The van der Waals surface area contributed by atoms with Crippen molar-refractivity contribution in [3.63, 3.8) is 0 Å². The van der Waals surface area contributed by atoms with Crippen molar-refractivity contribution >= 4 is 0 Å². The van der Waals surface area contributed by atoms with Gasteiger partial charge in [-0.2, -0.15) is 0 Å². The molecule has 1 saturated heterocycles. The van der Waals surface area contributed by atoms with Crippen LogP contribution in [0.3, 0.4) is 0 Å². The van der Waals surface area contributed by atoms with Crippen molar-refractivity contribution in [3.8, 4) is 0 Å². The lowest BCUT2D eigenvalue weighted by molar-refractivity contribution is 0.0484. The molecule has 0 unspecified atom stereocenters. The number of rotatable bonds is 2. The third-order valence-corrected chi connectivity index (χ3v) is 4.98. The lowest BCUT2D eigenvalue weighted by atomic mass is 9.76. The van der Waals surface area contributed by atoms with Crippen molar-refractivity contribution in [2.45, 2.75) is 44.6 Å². The van der Waals surface area contributed by atoms with Crippen LogP contribution in [-0.4, -0.2) is 55.1 Å². The number of nitrogens with two attached hydrogens (primary N) is 1. The molecule has 1 heterocycles. The summed E-state index contributed by atoms with van der Waals surface area (Å²) in [6.45, 7) is 8.14. The molecule has 0 radical (unpaired) electrons. The van der Waals surface area contributed by atoms with Crippen LogP contribution in [0.5, 0.6) is 0 Å². The summed E-state index contributed by atoms with van der Waals surface area (Å²) in [6.07, 6.45) is 6.66. The molecule has 2 fully saturated rings. The van der Waals surface area contributed by atoms with Crippen molar-refractivity contribution < 1.29 is 0 Å². The zero-order valence-corrected chi connectivity index (χ0v) is 11.6. The Balaban J connectivity index is 2.01. The molecule has 1 aliphatic carbocycles. The minimum absolute atomic E-state index is 0.331. The summed E-state index contributed by atoms with van der Waals surface area (Å²) in [5.74, 6) is 0.907. The summed E-state index contributed by atoms with van der Waals surface area (Å²) in [5.41, 5.74) is 6.48. The van der Waals surface area contributed by atoms with E-state index in [0.717, 1.165) is 12.5 Å². The molecule has 0 aromatic heterocycles. The molecule has 0 aromatic rings. The van der Waals surface area contributed by atoms with Crippen LogP contribution in [0.1, 0.15) is 39.0 Å². The molecule has 1 saturated carbocycles. The van der Waals surface area contributed by atoms with Gasteiger partial charge in [0, 0.05) is 31.7 Å². The normalized spacial score (nSPS) is 37.9. The van der Waals surface area contributed by atoms with E-state index in [1.54, 1.807) is 0 Å². The monoisotopic (exact) mass is 239 g/mol. The van der Waals surface area contributed by atoms with Crippen molar-refractivity contribution in [2.24, 2.45) is 11.7 Å². The maximum atomic E-state index is 6.14. The lowest BCUT2D eigenvalue weighted by Crippen LogP contribution is -2.56. The van der Waals surface area contributed by atoms with Gasteiger partial charge in [0.1, 0.15) is 0 Å². The smallest absolute Gasteiger partial charge is 0.0332 e. The largest absolute Gasteiger partial charge is 0.329 e. The minimum Gasteiger partial charge on any atom is -0.329 e. The third-order valence-electron chi connectivity index (χ3n) is 4.98. The van der Waals surface area contributed by atoms with E-state index in [0.29, 0.717) is 5.54 Å². The molecule has 1 aliphatic heterocycles. The van der Waals surface area contributed by atoms with Crippen molar-refractivity contribution in [2.75, 3.05) is 39.8 Å². The SMILES string of the molecule is CC1CCC(CN)(N2CCCN(C)CC2)CC1. The second-order valence-electron chi connectivity index (χ2n) is 6.25. The van der Waals surface area contributed by atoms with Gasteiger partial charge in [-0.3, -0.25) is 4.90 Å². The van der Waals surface area contributed by atoms with Crippen molar-refractivity contribution in [1.82, 2.24) is 9.80 Å². The summed E-state index contributed by atoms with van der Waals surface area (Å²) in [7, 11) is 2.24. The summed E-state index contributed by atoms with van der Waals surface area (Å²) in [4.78, 5) is 5.16. The molecule has 3 heteroatoms. The highest BCUT2D eigenvalue weighted by Crippen LogP contribution is 2.36. The fourth-order valence-electron chi connectivity index (χ4n) is 3.47. The molecule has 2 N–H and O–H groups in total. The van der Waals surface area contributed by atoms with E-state index in [9.17, 15) is 0 Å². The van der Waals surface area contributed by atoms with Crippen LogP contribution in [0.4, 0.5) is 0 Å². The predicted molar refractivity (Wildman–Crippen MR) is 73.1 cm³/mol. The molecule has 3 nitrogen and oxygen atoms in total. The van der Waals surface area contributed by atoms with E-state index in [-0.39, 0.29) is 0 Å². The van der Waals surface area contributed by atoms with Gasteiger partial charge in [0.05, 0.1) is 0 Å². The van der Waals surface area contributed by atoms with E-state index >= 15 is 0 Å². The summed E-state index contributed by atoms with van der Waals surface area (Å²) < 4.78 is 0. The number of nitrogens with zero attached hydrogens (tertiary/aromatic N) is 2. The zero-order chi connectivity index (χ0) is 12.3. The Hall–Kier alpha value is -0.120. The van der Waals surface area contributed by atoms with E-state index in [2.05, 4.69) is 23.8 Å². The molecule has 0 amide bonds. The van der Waals surface area contributed by atoms with Gasteiger partial charge in [-0.05, 0) is 51.6 Å². The van der Waals surface area contributed by atoms with Crippen LogP contribution in [0.15, 0.2) is 0 Å². The second kappa shape index (κ2) is 5.68. The Kier molecular flexibility index (Phi) is 4.45. The molecule has 0 spiro atoms. The standard InChI is InChI=1S/C14H29N3/c1-13-4-6-14(12-15,7-5-13)17-9-3-8-16(2)10-11-17/h13H,3-12,15H2,1-2H3. The van der Waals surface area contributed by atoms with Crippen LogP contribution in [0.2, 0.25) is 0 Å². The van der Waals surface area contributed by atoms with Gasteiger partial charge in [0.15, 0.2) is 0 Å². The first-order valence-electron chi connectivity index (χ1n) is 7.30. The molecule has 2 rings (SSSR count). The Morgan fingerprint density at radius 1 is 1.12 bits per heavy atom. The lowest BCUT2D eigenvalue weighted by Gasteiger charge is -2.47. The van der Waals surface area contributed by atoms with Crippen LogP contribution < -0.4 is 5.73 Å². The predicted octanol–water partition coefficient (Wildman–Crippen LogP) is 1.53. The second-order valence-corrected chi connectivity index (χ2v) is 6.25. The van der Waals surface area contributed by atoms with Crippen molar-refractivity contribution in [1.29, 1.82) is 0 Å². The fourth-order valence-corrected chi connectivity index (χ4v) is 3.47. The number of likely N-dealkylation sites (N-methyl/N-ethyl adjacent to an activating group) is 1. The maximum absolute atomic E-state index is 6.14. The Labute approximate surface area is 106 Å². The Bertz CT molecular complexity index is 234. The minimum atomic E-state index is 0.331. The van der Waals surface area contributed by atoms with Gasteiger partial charge in [-0.25, -0.2) is 0 Å². The van der Waals surface area contributed by atoms with E-state index in [1.165, 1.54) is 58.3 Å². The highest BCUT2D eigenvalue weighted by molar-refractivity contribution is 4.96. The number of hydrogen-bond acceptors (Lipinski definition) is 3. The van der Waals surface area contributed by atoms with Gasteiger partial charge in [0.2, 0.25) is 0 Å². The first-order valence-corrected chi connectivity index (χ1v) is 7.30. The third kappa shape index (κ3) is 3.01. The highest BCUT2D eigenvalue weighted by atomic mass is 15.3. The van der Waals surface area contributed by atoms with Crippen molar-refractivity contribution in [3.05, 3.63) is 0 Å². The fraction of sp³-hybridized carbons (Fsp3) is 1.00. The Morgan fingerprint density at radius 2 is 1.82 bits per heavy atom.